The summed E-state index contributed by atoms with van der Waals surface area (Å²) in [4.78, 5) is 0. The summed E-state index contributed by atoms with van der Waals surface area (Å²) in [6, 6.07) is 5.00. The number of rotatable bonds is 5. The second kappa shape index (κ2) is 5.07. The van der Waals surface area contributed by atoms with Gasteiger partial charge in [0, 0.05) is 11.0 Å². The van der Waals surface area contributed by atoms with Crippen molar-refractivity contribution < 1.29 is 4.39 Å². The average molecular weight is 300 g/mol. The molecule has 1 atom stereocenters. The molecule has 1 saturated carbocycles. The molecule has 0 spiro atoms. The van der Waals surface area contributed by atoms with E-state index < -0.39 is 0 Å². The molecule has 1 aromatic carbocycles. The lowest BCUT2D eigenvalue weighted by Crippen LogP contribution is -2.34. The second-order valence-electron chi connectivity index (χ2n) is 5.37. The minimum Gasteiger partial charge on any atom is -0.319 e. The van der Waals surface area contributed by atoms with Gasteiger partial charge >= 0.3 is 0 Å². The minimum atomic E-state index is -0.178. The van der Waals surface area contributed by atoms with E-state index in [1.54, 1.807) is 12.1 Å². The lowest BCUT2D eigenvalue weighted by molar-refractivity contribution is 0.262. The van der Waals surface area contributed by atoms with Gasteiger partial charge in [-0.2, -0.15) is 0 Å². The highest BCUT2D eigenvalue weighted by molar-refractivity contribution is 9.10. The number of nitrogens with one attached hydrogen (secondary N) is 1. The predicted molar refractivity (Wildman–Crippen MR) is 72.6 cm³/mol. The van der Waals surface area contributed by atoms with Crippen molar-refractivity contribution in [3.8, 4) is 0 Å². The Morgan fingerprint density at radius 2 is 2.18 bits per heavy atom. The van der Waals surface area contributed by atoms with E-state index in [1.165, 1.54) is 18.4 Å². The molecular weight excluding hydrogens is 281 g/mol. The Balaban J connectivity index is 2.17. The largest absolute Gasteiger partial charge is 0.319 e. The van der Waals surface area contributed by atoms with E-state index in [1.807, 2.05) is 13.1 Å². The molecule has 1 aromatic rings. The topological polar surface area (TPSA) is 12.0 Å². The van der Waals surface area contributed by atoms with Crippen molar-refractivity contribution in [3.05, 3.63) is 34.1 Å². The molecule has 1 unspecified atom stereocenters. The fraction of sp³-hybridized carbons (Fsp3) is 0.571. The van der Waals surface area contributed by atoms with Crippen molar-refractivity contribution in [3.63, 3.8) is 0 Å². The summed E-state index contributed by atoms with van der Waals surface area (Å²) >= 11 is 3.46. The Labute approximate surface area is 111 Å². The van der Waals surface area contributed by atoms with Crippen LogP contribution in [0.2, 0.25) is 0 Å². The van der Waals surface area contributed by atoms with Crippen molar-refractivity contribution >= 4 is 15.9 Å². The van der Waals surface area contributed by atoms with Crippen LogP contribution >= 0.6 is 15.9 Å². The smallest absolute Gasteiger partial charge is 0.124 e. The molecule has 0 aromatic heterocycles. The first kappa shape index (κ1) is 13.0. The number of benzene rings is 1. The maximum atomic E-state index is 13.1. The second-order valence-corrected chi connectivity index (χ2v) is 6.23. The molecule has 0 aliphatic heterocycles. The average Bonchev–Trinajstić information content (AvgIpc) is 3.06. The van der Waals surface area contributed by atoms with Gasteiger partial charge in [0.1, 0.15) is 5.82 Å². The van der Waals surface area contributed by atoms with Crippen LogP contribution in [0.25, 0.3) is 0 Å². The van der Waals surface area contributed by atoms with Gasteiger partial charge in [-0.25, -0.2) is 4.39 Å². The maximum Gasteiger partial charge on any atom is 0.124 e. The standard InChI is InChI=1S/C14H19BrFN/c1-14(9-17-2,11-4-5-11)8-10-3-6-12(16)7-13(10)15/h3,6-7,11,17H,4-5,8-9H2,1-2H3. The van der Waals surface area contributed by atoms with Crippen molar-refractivity contribution in [2.45, 2.75) is 26.2 Å². The van der Waals surface area contributed by atoms with Crippen LogP contribution in [0.4, 0.5) is 4.39 Å². The van der Waals surface area contributed by atoms with E-state index in [0.717, 1.165) is 23.4 Å². The SMILES string of the molecule is CNCC(C)(Cc1ccc(F)cc1Br)C1CC1. The van der Waals surface area contributed by atoms with Crippen LogP contribution in [0.1, 0.15) is 25.3 Å². The number of hydrogen-bond donors (Lipinski definition) is 1. The molecular formula is C14H19BrFN. The Bertz CT molecular complexity index is 403. The first-order valence-electron chi connectivity index (χ1n) is 6.14. The van der Waals surface area contributed by atoms with E-state index >= 15 is 0 Å². The highest BCUT2D eigenvalue weighted by Gasteiger charge is 2.41. The highest BCUT2D eigenvalue weighted by Crippen LogP contribution is 2.47. The van der Waals surface area contributed by atoms with Crippen LogP contribution in [0, 0.1) is 17.2 Å². The van der Waals surface area contributed by atoms with E-state index in [9.17, 15) is 4.39 Å². The molecule has 0 saturated heterocycles. The maximum absolute atomic E-state index is 13.1. The third-order valence-corrected chi connectivity index (χ3v) is 4.49. The molecule has 1 N–H and O–H groups in total. The van der Waals surface area contributed by atoms with Gasteiger partial charge in [-0.3, -0.25) is 0 Å². The first-order valence-corrected chi connectivity index (χ1v) is 6.93. The summed E-state index contributed by atoms with van der Waals surface area (Å²) in [5.41, 5.74) is 1.49. The number of halogens is 2. The normalized spacial score (nSPS) is 19.1. The van der Waals surface area contributed by atoms with Gasteiger partial charge in [0.05, 0.1) is 0 Å². The quantitative estimate of drug-likeness (QED) is 0.873. The summed E-state index contributed by atoms with van der Waals surface area (Å²) in [6.07, 6.45) is 3.66. The van der Waals surface area contributed by atoms with Crippen molar-refractivity contribution in [2.75, 3.05) is 13.6 Å². The monoisotopic (exact) mass is 299 g/mol. The molecule has 0 radical (unpaired) electrons. The molecule has 1 aliphatic rings. The van der Waals surface area contributed by atoms with Gasteiger partial charge in [-0.05, 0) is 55.3 Å². The van der Waals surface area contributed by atoms with Crippen LogP contribution in [-0.2, 0) is 6.42 Å². The van der Waals surface area contributed by atoms with Crippen molar-refractivity contribution in [1.29, 1.82) is 0 Å². The summed E-state index contributed by atoms with van der Waals surface area (Å²) in [5.74, 6) is 0.634. The summed E-state index contributed by atoms with van der Waals surface area (Å²) in [7, 11) is 2.00. The van der Waals surface area contributed by atoms with Crippen LogP contribution < -0.4 is 5.32 Å². The molecule has 94 valence electrons. The Morgan fingerprint density at radius 1 is 1.47 bits per heavy atom. The third-order valence-electron chi connectivity index (χ3n) is 3.75. The van der Waals surface area contributed by atoms with E-state index in [-0.39, 0.29) is 11.2 Å². The summed E-state index contributed by atoms with van der Waals surface area (Å²) < 4.78 is 13.9. The van der Waals surface area contributed by atoms with Crippen LogP contribution in [0.3, 0.4) is 0 Å². The Morgan fingerprint density at radius 3 is 2.71 bits per heavy atom. The molecule has 1 fully saturated rings. The summed E-state index contributed by atoms with van der Waals surface area (Å²) in [5, 5.41) is 3.29. The molecule has 3 heteroatoms. The Hall–Kier alpha value is -0.410. The van der Waals surface area contributed by atoms with Gasteiger partial charge in [0.2, 0.25) is 0 Å². The molecule has 0 amide bonds. The zero-order valence-corrected chi connectivity index (χ0v) is 12.0. The predicted octanol–water partition coefficient (Wildman–Crippen LogP) is 3.77. The number of hydrogen-bond acceptors (Lipinski definition) is 1. The van der Waals surface area contributed by atoms with E-state index in [0.29, 0.717) is 0 Å². The van der Waals surface area contributed by atoms with Crippen LogP contribution in [0.5, 0.6) is 0 Å². The molecule has 0 bridgehead atoms. The van der Waals surface area contributed by atoms with Gasteiger partial charge < -0.3 is 5.32 Å². The molecule has 17 heavy (non-hydrogen) atoms. The van der Waals surface area contributed by atoms with Crippen molar-refractivity contribution in [2.24, 2.45) is 11.3 Å². The minimum absolute atomic E-state index is 0.178. The van der Waals surface area contributed by atoms with Gasteiger partial charge in [0.25, 0.3) is 0 Å². The fourth-order valence-corrected chi connectivity index (χ4v) is 3.13. The van der Waals surface area contributed by atoms with Crippen molar-refractivity contribution in [1.82, 2.24) is 5.32 Å². The molecule has 1 aliphatic carbocycles. The zero-order valence-electron chi connectivity index (χ0n) is 10.4. The van der Waals surface area contributed by atoms with Gasteiger partial charge in [0.15, 0.2) is 0 Å². The lowest BCUT2D eigenvalue weighted by Gasteiger charge is -2.30. The van der Waals surface area contributed by atoms with E-state index in [2.05, 4.69) is 28.2 Å². The van der Waals surface area contributed by atoms with Gasteiger partial charge in [-0.1, -0.05) is 28.9 Å². The van der Waals surface area contributed by atoms with Gasteiger partial charge in [-0.15, -0.1) is 0 Å². The van der Waals surface area contributed by atoms with Crippen LogP contribution in [0.15, 0.2) is 22.7 Å². The lowest BCUT2D eigenvalue weighted by atomic mass is 9.79. The molecule has 2 rings (SSSR count). The van der Waals surface area contributed by atoms with Crippen LogP contribution in [-0.4, -0.2) is 13.6 Å². The zero-order chi connectivity index (χ0) is 12.5. The van der Waals surface area contributed by atoms with E-state index in [4.69, 9.17) is 0 Å². The summed E-state index contributed by atoms with van der Waals surface area (Å²) in [6.45, 7) is 3.35. The first-order chi connectivity index (χ1) is 8.05. The third kappa shape index (κ3) is 3.08. The Kier molecular flexibility index (Phi) is 3.88. The highest BCUT2D eigenvalue weighted by atomic mass is 79.9. The fourth-order valence-electron chi connectivity index (χ4n) is 2.64. The molecule has 1 nitrogen and oxygen atoms in total. The molecule has 0 heterocycles.